The van der Waals surface area contributed by atoms with Gasteiger partial charge in [0, 0.05) is 6.92 Å². The molecule has 0 aliphatic rings. The van der Waals surface area contributed by atoms with E-state index in [1.54, 1.807) is 12.1 Å². The van der Waals surface area contributed by atoms with E-state index in [9.17, 15) is 9.59 Å². The molecule has 0 saturated carbocycles. The van der Waals surface area contributed by atoms with Crippen molar-refractivity contribution in [1.82, 2.24) is 0 Å². The minimum atomic E-state index is -0.612. The highest BCUT2D eigenvalue weighted by atomic mass is 35.5. The van der Waals surface area contributed by atoms with E-state index in [4.69, 9.17) is 16.3 Å². The fraction of sp³-hybridized carbons (Fsp3) is 0.385. The van der Waals surface area contributed by atoms with Gasteiger partial charge < -0.3 is 4.74 Å². The molecule has 0 N–H and O–H groups in total. The van der Waals surface area contributed by atoms with E-state index >= 15 is 0 Å². The van der Waals surface area contributed by atoms with Gasteiger partial charge >= 0.3 is 5.97 Å². The Kier molecular flexibility index (Phi) is 4.70. The first-order chi connectivity index (χ1) is 7.99. The molecule has 92 valence electrons. The molecule has 0 saturated heterocycles. The lowest BCUT2D eigenvalue weighted by molar-refractivity contribution is -0.131. The number of esters is 1. The molecule has 0 amide bonds. The highest BCUT2D eigenvalue weighted by Gasteiger charge is 2.15. The summed E-state index contributed by atoms with van der Waals surface area (Å²) in [5, 5.41) is -0.612. The average molecular weight is 255 g/mol. The SMILES string of the molecule is CCc1cc(OC(C)=O)c(C(=O)Cl)cc1CC. The van der Waals surface area contributed by atoms with E-state index in [1.165, 1.54) is 6.92 Å². The molecule has 17 heavy (non-hydrogen) atoms. The van der Waals surface area contributed by atoms with Crippen molar-refractivity contribution in [1.29, 1.82) is 0 Å². The zero-order valence-corrected chi connectivity index (χ0v) is 10.9. The number of rotatable bonds is 4. The number of carbonyl (C=O) groups is 2. The van der Waals surface area contributed by atoms with Crippen LogP contribution in [0.4, 0.5) is 0 Å². The molecule has 1 aromatic rings. The Morgan fingerprint density at radius 1 is 1.18 bits per heavy atom. The van der Waals surface area contributed by atoms with Gasteiger partial charge in [-0.05, 0) is 47.7 Å². The van der Waals surface area contributed by atoms with Crippen LogP contribution in [0.15, 0.2) is 12.1 Å². The summed E-state index contributed by atoms with van der Waals surface area (Å²) in [5.74, 6) is -0.220. The molecular formula is C13H15ClO3. The Labute approximate surface area is 106 Å². The van der Waals surface area contributed by atoms with Crippen molar-refractivity contribution in [2.45, 2.75) is 33.6 Å². The third-order valence-electron chi connectivity index (χ3n) is 2.53. The predicted octanol–water partition coefficient (Wildman–Crippen LogP) is 3.12. The molecular weight excluding hydrogens is 240 g/mol. The summed E-state index contributed by atoms with van der Waals surface area (Å²) in [5.41, 5.74) is 2.36. The van der Waals surface area contributed by atoms with E-state index < -0.39 is 11.2 Å². The molecule has 4 heteroatoms. The van der Waals surface area contributed by atoms with Crippen LogP contribution in [0, 0.1) is 0 Å². The Balaban J connectivity index is 3.34. The normalized spacial score (nSPS) is 10.1. The molecule has 0 atom stereocenters. The van der Waals surface area contributed by atoms with Crippen molar-refractivity contribution in [3.05, 3.63) is 28.8 Å². The molecule has 0 spiro atoms. The molecule has 0 unspecified atom stereocenters. The van der Waals surface area contributed by atoms with Gasteiger partial charge in [-0.15, -0.1) is 0 Å². The van der Waals surface area contributed by atoms with Crippen molar-refractivity contribution in [3.63, 3.8) is 0 Å². The van der Waals surface area contributed by atoms with Gasteiger partial charge in [0.2, 0.25) is 0 Å². The molecule has 1 aromatic carbocycles. The van der Waals surface area contributed by atoms with Crippen LogP contribution in [0.3, 0.4) is 0 Å². The van der Waals surface area contributed by atoms with Crippen molar-refractivity contribution in [3.8, 4) is 5.75 Å². The Hall–Kier alpha value is -1.35. The molecule has 0 aromatic heterocycles. The number of halogens is 1. The highest BCUT2D eigenvalue weighted by molar-refractivity contribution is 6.68. The topological polar surface area (TPSA) is 43.4 Å². The number of aryl methyl sites for hydroxylation is 2. The molecule has 0 aliphatic heterocycles. The molecule has 3 nitrogen and oxygen atoms in total. The minimum Gasteiger partial charge on any atom is -0.426 e. The second-order valence-corrected chi connectivity index (χ2v) is 4.03. The third-order valence-corrected chi connectivity index (χ3v) is 2.73. The van der Waals surface area contributed by atoms with Crippen molar-refractivity contribution < 1.29 is 14.3 Å². The third kappa shape index (κ3) is 3.30. The first-order valence-electron chi connectivity index (χ1n) is 5.53. The summed E-state index contributed by atoms with van der Waals surface area (Å²) in [7, 11) is 0. The Bertz CT molecular complexity index is 452. The second kappa shape index (κ2) is 5.82. The van der Waals surface area contributed by atoms with Gasteiger partial charge in [0.05, 0.1) is 5.56 Å². The summed E-state index contributed by atoms with van der Waals surface area (Å²) in [4.78, 5) is 22.3. The maximum atomic E-state index is 11.3. The zero-order valence-electron chi connectivity index (χ0n) is 10.2. The van der Waals surface area contributed by atoms with E-state index in [0.29, 0.717) is 0 Å². The van der Waals surface area contributed by atoms with Crippen LogP contribution in [0.1, 0.15) is 42.3 Å². The van der Waals surface area contributed by atoms with E-state index in [0.717, 1.165) is 24.0 Å². The minimum absolute atomic E-state index is 0.242. The van der Waals surface area contributed by atoms with Crippen LogP contribution in [0.25, 0.3) is 0 Å². The number of carbonyl (C=O) groups excluding carboxylic acids is 2. The lowest BCUT2D eigenvalue weighted by atomic mass is 9.99. The number of benzene rings is 1. The summed E-state index contributed by atoms with van der Waals surface area (Å²) < 4.78 is 5.00. The summed E-state index contributed by atoms with van der Waals surface area (Å²) in [6.07, 6.45) is 1.62. The van der Waals surface area contributed by atoms with Gasteiger partial charge in [-0.1, -0.05) is 13.8 Å². The Morgan fingerprint density at radius 2 is 1.71 bits per heavy atom. The lowest BCUT2D eigenvalue weighted by Crippen LogP contribution is -2.07. The van der Waals surface area contributed by atoms with Gasteiger partial charge in [-0.3, -0.25) is 9.59 Å². The van der Waals surface area contributed by atoms with Crippen LogP contribution in [-0.4, -0.2) is 11.2 Å². The highest BCUT2D eigenvalue weighted by Crippen LogP contribution is 2.26. The van der Waals surface area contributed by atoms with E-state index in [-0.39, 0.29) is 11.3 Å². The van der Waals surface area contributed by atoms with Gasteiger partial charge in [0.25, 0.3) is 5.24 Å². The summed E-state index contributed by atoms with van der Waals surface area (Å²) >= 11 is 5.49. The smallest absolute Gasteiger partial charge is 0.308 e. The Morgan fingerprint density at radius 3 is 2.12 bits per heavy atom. The van der Waals surface area contributed by atoms with Crippen LogP contribution < -0.4 is 4.74 Å². The summed E-state index contributed by atoms with van der Waals surface area (Å²) in [6, 6.07) is 3.42. The summed E-state index contributed by atoms with van der Waals surface area (Å²) in [6.45, 7) is 5.30. The van der Waals surface area contributed by atoms with Gasteiger partial charge in [0.1, 0.15) is 5.75 Å². The van der Waals surface area contributed by atoms with Crippen LogP contribution in [0.5, 0.6) is 5.75 Å². The van der Waals surface area contributed by atoms with Crippen LogP contribution in [0.2, 0.25) is 0 Å². The fourth-order valence-electron chi connectivity index (χ4n) is 1.72. The van der Waals surface area contributed by atoms with E-state index in [1.807, 2.05) is 13.8 Å². The van der Waals surface area contributed by atoms with Crippen molar-refractivity contribution in [2.75, 3.05) is 0 Å². The maximum absolute atomic E-state index is 11.3. The zero-order chi connectivity index (χ0) is 13.0. The molecule has 1 rings (SSSR count). The first kappa shape index (κ1) is 13.7. The average Bonchev–Trinajstić information content (AvgIpc) is 2.27. The molecule has 0 aliphatic carbocycles. The molecule has 0 radical (unpaired) electrons. The van der Waals surface area contributed by atoms with Gasteiger partial charge in [0.15, 0.2) is 0 Å². The number of hydrogen-bond donors (Lipinski definition) is 0. The van der Waals surface area contributed by atoms with Gasteiger partial charge in [-0.2, -0.15) is 0 Å². The number of ether oxygens (including phenoxy) is 1. The fourth-order valence-corrected chi connectivity index (χ4v) is 1.87. The standard InChI is InChI=1S/C13H15ClO3/c1-4-9-6-11(13(14)16)12(17-8(3)15)7-10(9)5-2/h6-7H,4-5H2,1-3H3. The second-order valence-electron chi connectivity index (χ2n) is 3.69. The molecule has 0 fully saturated rings. The molecule has 0 heterocycles. The van der Waals surface area contributed by atoms with Crippen molar-refractivity contribution >= 4 is 22.8 Å². The van der Waals surface area contributed by atoms with Crippen LogP contribution in [-0.2, 0) is 17.6 Å². The van der Waals surface area contributed by atoms with Crippen molar-refractivity contribution in [2.24, 2.45) is 0 Å². The quantitative estimate of drug-likeness (QED) is 0.471. The van der Waals surface area contributed by atoms with E-state index in [2.05, 4.69) is 0 Å². The first-order valence-corrected chi connectivity index (χ1v) is 5.91. The molecule has 0 bridgehead atoms. The number of hydrogen-bond acceptors (Lipinski definition) is 3. The van der Waals surface area contributed by atoms with Crippen LogP contribution >= 0.6 is 11.6 Å². The van der Waals surface area contributed by atoms with Gasteiger partial charge in [-0.25, -0.2) is 0 Å². The maximum Gasteiger partial charge on any atom is 0.308 e. The predicted molar refractivity (Wildman–Crippen MR) is 66.7 cm³/mol. The largest absolute Gasteiger partial charge is 0.426 e. The monoisotopic (exact) mass is 254 g/mol. The lowest BCUT2D eigenvalue weighted by Gasteiger charge is -2.12.